The molecule has 0 unspecified atom stereocenters. The summed E-state index contributed by atoms with van der Waals surface area (Å²) >= 11 is 5.98. The summed E-state index contributed by atoms with van der Waals surface area (Å²) < 4.78 is 10.9. The lowest BCUT2D eigenvalue weighted by Crippen LogP contribution is -2.28. The molecule has 1 aliphatic rings. The normalized spacial score (nSPS) is 13.9. The van der Waals surface area contributed by atoms with Crippen molar-refractivity contribution in [3.63, 3.8) is 0 Å². The molecule has 6 nitrogen and oxygen atoms in total. The molecule has 0 radical (unpaired) electrons. The summed E-state index contributed by atoms with van der Waals surface area (Å²) in [5.41, 5.74) is 2.79. The average molecular weight is 387 g/mol. The number of hydrogen-bond acceptors (Lipinski definition) is 4. The minimum Gasteiger partial charge on any atom is -0.493 e. The van der Waals surface area contributed by atoms with Crippen LogP contribution in [0.25, 0.3) is 11.6 Å². The van der Waals surface area contributed by atoms with Crippen LogP contribution in [0.4, 0.5) is 5.69 Å². The molecule has 0 spiro atoms. The summed E-state index contributed by atoms with van der Waals surface area (Å²) in [6.07, 6.45) is 1.77. The van der Waals surface area contributed by atoms with Crippen molar-refractivity contribution in [1.29, 1.82) is 0 Å². The molecule has 0 saturated carbocycles. The molecule has 27 heavy (non-hydrogen) atoms. The van der Waals surface area contributed by atoms with E-state index in [-0.39, 0.29) is 18.4 Å². The molecular weight excluding hydrogens is 368 g/mol. The van der Waals surface area contributed by atoms with Crippen LogP contribution >= 0.6 is 11.6 Å². The number of benzene rings is 2. The van der Waals surface area contributed by atoms with Gasteiger partial charge in [0.1, 0.15) is 0 Å². The van der Waals surface area contributed by atoms with E-state index in [9.17, 15) is 9.59 Å². The Kier molecular flexibility index (Phi) is 5.66. The monoisotopic (exact) mass is 386 g/mol. The van der Waals surface area contributed by atoms with Gasteiger partial charge in [0.2, 0.25) is 0 Å². The maximum Gasteiger partial charge on any atom is 0.257 e. The van der Waals surface area contributed by atoms with E-state index in [0.717, 1.165) is 11.1 Å². The van der Waals surface area contributed by atoms with Crippen LogP contribution in [0.1, 0.15) is 18.1 Å². The number of carbonyl (C=O) groups is 2. The van der Waals surface area contributed by atoms with E-state index < -0.39 is 0 Å². The Labute approximate surface area is 162 Å². The van der Waals surface area contributed by atoms with E-state index >= 15 is 0 Å². The number of carbonyl (C=O) groups excluding carboxylic acids is 2. The number of hydrogen-bond donors (Lipinski definition) is 2. The summed E-state index contributed by atoms with van der Waals surface area (Å²) in [5.74, 6) is 0.531. The van der Waals surface area contributed by atoms with Gasteiger partial charge in [-0.15, -0.1) is 0 Å². The molecule has 0 saturated heterocycles. The zero-order chi connectivity index (χ0) is 19.4. The van der Waals surface area contributed by atoms with Crippen LogP contribution in [0.15, 0.2) is 36.4 Å². The summed E-state index contributed by atoms with van der Waals surface area (Å²) in [7, 11) is 1.52. The second-order valence-corrected chi connectivity index (χ2v) is 6.29. The molecule has 0 fully saturated rings. The van der Waals surface area contributed by atoms with Gasteiger partial charge in [0.15, 0.2) is 18.1 Å². The van der Waals surface area contributed by atoms with Crippen LogP contribution in [0.3, 0.4) is 0 Å². The van der Waals surface area contributed by atoms with Gasteiger partial charge < -0.3 is 20.1 Å². The Balaban J connectivity index is 1.85. The smallest absolute Gasteiger partial charge is 0.257 e. The van der Waals surface area contributed by atoms with Gasteiger partial charge in [-0.2, -0.15) is 0 Å². The van der Waals surface area contributed by atoms with Crippen molar-refractivity contribution in [3.05, 3.63) is 52.5 Å². The largest absolute Gasteiger partial charge is 0.493 e. The second-order valence-electron chi connectivity index (χ2n) is 5.85. The number of anilines is 1. The number of halogens is 1. The number of fused-ring (bicyclic) bond motifs is 1. The van der Waals surface area contributed by atoms with Crippen LogP contribution in [-0.4, -0.2) is 32.1 Å². The Morgan fingerprint density at radius 2 is 2.04 bits per heavy atom. The zero-order valence-electron chi connectivity index (χ0n) is 15.0. The van der Waals surface area contributed by atoms with Crippen molar-refractivity contribution in [2.45, 2.75) is 6.92 Å². The molecule has 0 aromatic heterocycles. The minimum atomic E-state index is -0.205. The van der Waals surface area contributed by atoms with Crippen molar-refractivity contribution in [1.82, 2.24) is 5.32 Å². The number of likely N-dealkylation sites (N-methyl/N-ethyl adjacent to an activating group) is 1. The standard InChI is InChI=1S/C20H19ClN2O4/c1-3-22-19(24)11-27-17-7-4-12(9-18(17)26-2)8-15-14-6-5-13(21)10-16(14)23-20(15)25/h4-10H,3,11H2,1-2H3,(H,22,24)(H,23,25). The Morgan fingerprint density at radius 3 is 2.78 bits per heavy atom. The number of ether oxygens (including phenoxy) is 2. The van der Waals surface area contributed by atoms with Crippen molar-refractivity contribution >= 4 is 40.8 Å². The predicted octanol–water partition coefficient (Wildman–Crippen LogP) is 3.36. The number of rotatable bonds is 6. The highest BCUT2D eigenvalue weighted by molar-refractivity contribution is 6.36. The van der Waals surface area contributed by atoms with E-state index in [4.69, 9.17) is 21.1 Å². The molecule has 2 N–H and O–H groups in total. The van der Waals surface area contributed by atoms with Crippen LogP contribution in [0.5, 0.6) is 11.5 Å². The predicted molar refractivity (Wildman–Crippen MR) is 105 cm³/mol. The van der Waals surface area contributed by atoms with Crippen molar-refractivity contribution in [2.75, 3.05) is 25.6 Å². The van der Waals surface area contributed by atoms with Crippen molar-refractivity contribution in [2.24, 2.45) is 0 Å². The molecule has 0 atom stereocenters. The van der Waals surface area contributed by atoms with Crippen molar-refractivity contribution in [3.8, 4) is 11.5 Å². The second kappa shape index (κ2) is 8.14. The maximum atomic E-state index is 12.3. The van der Waals surface area contributed by atoms with Gasteiger partial charge in [-0.1, -0.05) is 23.7 Å². The third kappa shape index (κ3) is 4.23. The van der Waals surface area contributed by atoms with E-state index in [2.05, 4.69) is 10.6 Å². The SMILES string of the molecule is CCNC(=O)COc1ccc(C=C2C(=O)Nc3cc(Cl)ccc32)cc1OC. The molecule has 3 rings (SSSR count). The fourth-order valence-electron chi connectivity index (χ4n) is 2.76. The van der Waals surface area contributed by atoms with Crippen LogP contribution < -0.4 is 20.1 Å². The van der Waals surface area contributed by atoms with E-state index in [1.807, 2.05) is 13.0 Å². The van der Waals surface area contributed by atoms with E-state index in [1.54, 1.807) is 36.4 Å². The first kappa shape index (κ1) is 18.8. The van der Waals surface area contributed by atoms with Gasteiger partial charge in [0.25, 0.3) is 11.8 Å². The summed E-state index contributed by atoms with van der Waals surface area (Å²) in [5, 5.41) is 6.02. The summed E-state index contributed by atoms with van der Waals surface area (Å²) in [6, 6.07) is 10.5. The molecule has 2 amide bonds. The third-order valence-electron chi connectivity index (χ3n) is 4.00. The lowest BCUT2D eigenvalue weighted by molar-refractivity contribution is -0.123. The topological polar surface area (TPSA) is 76.7 Å². The van der Waals surface area contributed by atoms with Gasteiger partial charge in [0, 0.05) is 22.7 Å². The first-order valence-electron chi connectivity index (χ1n) is 8.42. The van der Waals surface area contributed by atoms with E-state index in [0.29, 0.717) is 34.3 Å². The van der Waals surface area contributed by atoms with Gasteiger partial charge in [-0.3, -0.25) is 9.59 Å². The first-order valence-corrected chi connectivity index (χ1v) is 8.80. The summed E-state index contributed by atoms with van der Waals surface area (Å²) in [4.78, 5) is 23.8. The van der Waals surface area contributed by atoms with Crippen LogP contribution in [0, 0.1) is 0 Å². The third-order valence-corrected chi connectivity index (χ3v) is 4.23. The number of nitrogens with one attached hydrogen (secondary N) is 2. The van der Waals surface area contributed by atoms with Gasteiger partial charge in [-0.25, -0.2) is 0 Å². The highest BCUT2D eigenvalue weighted by Crippen LogP contribution is 2.36. The highest BCUT2D eigenvalue weighted by atomic mass is 35.5. The molecule has 1 aliphatic heterocycles. The van der Waals surface area contributed by atoms with E-state index in [1.165, 1.54) is 7.11 Å². The lowest BCUT2D eigenvalue weighted by Gasteiger charge is -2.11. The van der Waals surface area contributed by atoms with Gasteiger partial charge >= 0.3 is 0 Å². The number of methoxy groups -OCH3 is 1. The van der Waals surface area contributed by atoms with Gasteiger partial charge in [0.05, 0.1) is 12.8 Å². The molecule has 0 bridgehead atoms. The molecule has 7 heteroatoms. The molecular formula is C20H19ClN2O4. The van der Waals surface area contributed by atoms with Gasteiger partial charge in [-0.05, 0) is 42.8 Å². The summed E-state index contributed by atoms with van der Waals surface area (Å²) in [6.45, 7) is 2.29. The zero-order valence-corrected chi connectivity index (χ0v) is 15.7. The Bertz CT molecular complexity index is 924. The fraction of sp³-hybridized carbons (Fsp3) is 0.200. The quantitative estimate of drug-likeness (QED) is 0.746. The molecule has 140 valence electrons. The molecule has 2 aromatic rings. The van der Waals surface area contributed by atoms with Crippen LogP contribution in [0.2, 0.25) is 5.02 Å². The highest BCUT2D eigenvalue weighted by Gasteiger charge is 2.24. The maximum absolute atomic E-state index is 12.3. The molecule has 0 aliphatic carbocycles. The lowest BCUT2D eigenvalue weighted by atomic mass is 10.0. The Hall–Kier alpha value is -2.99. The van der Waals surface area contributed by atoms with Crippen LogP contribution in [-0.2, 0) is 9.59 Å². The van der Waals surface area contributed by atoms with Crippen molar-refractivity contribution < 1.29 is 19.1 Å². The molecule has 2 aromatic carbocycles. The average Bonchev–Trinajstić information content (AvgIpc) is 2.95. The fourth-order valence-corrected chi connectivity index (χ4v) is 2.93. The minimum absolute atomic E-state index is 0.0961. The Morgan fingerprint density at radius 1 is 1.22 bits per heavy atom. The molecule has 1 heterocycles. The number of amides is 2. The first-order chi connectivity index (χ1) is 13.0.